The fourth-order valence-corrected chi connectivity index (χ4v) is 1.54. The highest BCUT2D eigenvalue weighted by Gasteiger charge is 1.86. The molecule has 0 aliphatic carbocycles. The molecule has 0 aliphatic rings. The summed E-state index contributed by atoms with van der Waals surface area (Å²) >= 11 is 0. The third-order valence-corrected chi connectivity index (χ3v) is 2.25. The lowest BCUT2D eigenvalue weighted by Crippen LogP contribution is -2.14. The third kappa shape index (κ3) is 9.53. The van der Waals surface area contributed by atoms with E-state index in [9.17, 15) is 0 Å². The molecule has 0 bridgehead atoms. The number of hydrogen-bond acceptors (Lipinski definition) is 1. The summed E-state index contributed by atoms with van der Waals surface area (Å²) in [4.78, 5) is 0. The van der Waals surface area contributed by atoms with Crippen LogP contribution in [-0.4, -0.2) is 25.7 Å². The molecular weight excluding hydrogens is 192 g/mol. The van der Waals surface area contributed by atoms with E-state index in [0.717, 1.165) is 0 Å². The van der Waals surface area contributed by atoms with Crippen LogP contribution in [0.1, 0.15) is 0 Å². The molecule has 0 radical (unpaired) electrons. The molecule has 1 aromatic carbocycles. The molecule has 3 heteroatoms. The number of benzene rings is 1. The van der Waals surface area contributed by atoms with Gasteiger partial charge in [-0.05, 0) is 5.19 Å². The summed E-state index contributed by atoms with van der Waals surface area (Å²) in [7, 11) is 1.22. The van der Waals surface area contributed by atoms with Crippen LogP contribution in [0, 0.1) is 0 Å². The topological polar surface area (TPSA) is 9.23 Å². The monoisotopic (exact) mass is 212 g/mol. The Morgan fingerprint density at radius 2 is 1.54 bits per heavy atom. The van der Waals surface area contributed by atoms with Crippen molar-refractivity contribution in [1.29, 1.82) is 0 Å². The molecule has 0 atom stereocenters. The molecule has 0 spiro atoms. The molecule has 0 saturated carbocycles. The van der Waals surface area contributed by atoms with Crippen LogP contribution in [0.5, 0.6) is 0 Å². The lowest BCUT2D eigenvalue weighted by Gasteiger charge is -1.94. The maximum absolute atomic E-state index is 5.07. The molecule has 74 valence electrons. The summed E-state index contributed by atoms with van der Waals surface area (Å²) in [6.07, 6.45) is 0. The predicted octanol–water partition coefficient (Wildman–Crippen LogP) is 1.14. The molecule has 0 heterocycles. The van der Waals surface area contributed by atoms with E-state index in [1.807, 2.05) is 18.2 Å². The molecule has 0 fully saturated rings. The lowest BCUT2D eigenvalue weighted by atomic mass is 10.4. The molecule has 1 rings (SSSR count). The van der Waals surface area contributed by atoms with Crippen LogP contribution >= 0.6 is 0 Å². The number of hydrogen-bond donors (Lipinski definition) is 0. The maximum Gasteiger partial charge on any atom is 0.191 e. The molecule has 0 saturated heterocycles. The molecule has 0 amide bonds. The van der Waals surface area contributed by atoms with Crippen LogP contribution in [0.3, 0.4) is 0 Å². The van der Waals surface area contributed by atoms with Crippen molar-refractivity contribution >= 4 is 23.7 Å². The van der Waals surface area contributed by atoms with Gasteiger partial charge in [0.1, 0.15) is 0 Å². The summed E-state index contributed by atoms with van der Waals surface area (Å²) in [5.74, 6) is 0. The number of rotatable bonds is 2. The minimum Gasteiger partial charge on any atom is -0.422 e. The van der Waals surface area contributed by atoms with Crippen molar-refractivity contribution in [1.82, 2.24) is 0 Å². The van der Waals surface area contributed by atoms with Gasteiger partial charge in [0.15, 0.2) is 9.76 Å². The van der Waals surface area contributed by atoms with Crippen molar-refractivity contribution in [3.63, 3.8) is 0 Å². The minimum atomic E-state index is -0.401. The van der Waals surface area contributed by atoms with E-state index in [0.29, 0.717) is 0 Å². The van der Waals surface area contributed by atoms with Crippen molar-refractivity contribution in [2.24, 2.45) is 0 Å². The second-order valence-corrected chi connectivity index (χ2v) is 8.80. The third-order valence-electron chi connectivity index (χ3n) is 1.15. The zero-order valence-corrected chi connectivity index (χ0v) is 11.6. The van der Waals surface area contributed by atoms with E-state index in [1.54, 1.807) is 7.11 Å². The summed E-state index contributed by atoms with van der Waals surface area (Å²) in [5, 5.41) is 1.36. The first-order valence-corrected chi connectivity index (χ1v) is 9.44. The SMILES string of the molecule is CO[SiH2]c1ccccc1.C[SiH](C)C. The molecular formula is C10H20OSi2. The maximum atomic E-state index is 5.07. The standard InChI is InChI=1S/C7H10OSi.C3H10Si/c1-8-9-7-5-3-2-4-6-7;1-4(2)3/h2-6H,9H2,1H3;4H,1-3H3. The Labute approximate surface area is 85.7 Å². The van der Waals surface area contributed by atoms with Crippen LogP contribution in [0.15, 0.2) is 30.3 Å². The predicted molar refractivity (Wildman–Crippen MR) is 66.4 cm³/mol. The highest BCUT2D eigenvalue weighted by atomic mass is 28.3. The normalized spacial score (nSPS) is 10.2. The van der Waals surface area contributed by atoms with E-state index < -0.39 is 9.76 Å². The van der Waals surface area contributed by atoms with Gasteiger partial charge in [0.2, 0.25) is 0 Å². The highest BCUT2D eigenvalue weighted by molar-refractivity contribution is 6.54. The van der Waals surface area contributed by atoms with Crippen molar-refractivity contribution < 1.29 is 4.43 Å². The minimum absolute atomic E-state index is 0.139. The summed E-state index contributed by atoms with van der Waals surface area (Å²) in [6.45, 7) is 6.92. The Balaban J connectivity index is 0.000000310. The lowest BCUT2D eigenvalue weighted by molar-refractivity contribution is 0.450. The first-order chi connectivity index (χ1) is 6.16. The van der Waals surface area contributed by atoms with Gasteiger partial charge in [0, 0.05) is 15.9 Å². The van der Waals surface area contributed by atoms with Crippen molar-refractivity contribution in [3.05, 3.63) is 30.3 Å². The first kappa shape index (κ1) is 12.6. The molecule has 1 nitrogen and oxygen atoms in total. The average Bonchev–Trinajstić information content (AvgIpc) is 2.06. The Kier molecular flexibility index (Phi) is 7.98. The van der Waals surface area contributed by atoms with Gasteiger partial charge >= 0.3 is 0 Å². The van der Waals surface area contributed by atoms with E-state index in [1.165, 1.54) is 5.19 Å². The van der Waals surface area contributed by atoms with Crippen molar-refractivity contribution in [2.45, 2.75) is 19.6 Å². The van der Waals surface area contributed by atoms with Crippen LogP contribution in [0.25, 0.3) is 0 Å². The second-order valence-electron chi connectivity index (χ2n) is 3.65. The molecule has 13 heavy (non-hydrogen) atoms. The Bertz CT molecular complexity index is 197. The van der Waals surface area contributed by atoms with Gasteiger partial charge in [-0.15, -0.1) is 0 Å². The summed E-state index contributed by atoms with van der Waals surface area (Å²) < 4.78 is 5.07. The van der Waals surface area contributed by atoms with E-state index in [2.05, 4.69) is 31.8 Å². The highest BCUT2D eigenvalue weighted by Crippen LogP contribution is 1.80. The van der Waals surface area contributed by atoms with E-state index >= 15 is 0 Å². The van der Waals surface area contributed by atoms with Crippen LogP contribution in [0.2, 0.25) is 19.6 Å². The largest absolute Gasteiger partial charge is 0.422 e. The summed E-state index contributed by atoms with van der Waals surface area (Å²) in [6, 6.07) is 10.3. The van der Waals surface area contributed by atoms with Crippen LogP contribution in [-0.2, 0) is 4.43 Å². The van der Waals surface area contributed by atoms with Gasteiger partial charge in [-0.3, -0.25) is 0 Å². The van der Waals surface area contributed by atoms with Gasteiger partial charge in [-0.2, -0.15) is 0 Å². The Hall–Kier alpha value is -0.386. The molecule has 0 aliphatic heterocycles. The van der Waals surface area contributed by atoms with Gasteiger partial charge in [-0.1, -0.05) is 50.0 Å². The molecule has 0 N–H and O–H groups in total. The van der Waals surface area contributed by atoms with Crippen LogP contribution in [0.4, 0.5) is 0 Å². The first-order valence-electron chi connectivity index (χ1n) is 4.69. The zero-order valence-electron chi connectivity index (χ0n) is 9.08. The second kappa shape index (κ2) is 8.22. The fraction of sp³-hybridized carbons (Fsp3) is 0.400. The Morgan fingerprint density at radius 3 is 1.92 bits per heavy atom. The smallest absolute Gasteiger partial charge is 0.191 e. The molecule has 0 aromatic heterocycles. The zero-order chi connectivity index (χ0) is 10.1. The average molecular weight is 212 g/mol. The molecule has 1 aromatic rings. The van der Waals surface area contributed by atoms with Crippen molar-refractivity contribution in [2.75, 3.05) is 7.11 Å². The van der Waals surface area contributed by atoms with Gasteiger partial charge in [0.25, 0.3) is 0 Å². The van der Waals surface area contributed by atoms with E-state index in [4.69, 9.17) is 4.43 Å². The quantitative estimate of drug-likeness (QED) is 0.668. The van der Waals surface area contributed by atoms with Crippen molar-refractivity contribution in [3.8, 4) is 0 Å². The van der Waals surface area contributed by atoms with E-state index in [-0.39, 0.29) is 8.80 Å². The van der Waals surface area contributed by atoms with Gasteiger partial charge in [0.05, 0.1) is 0 Å². The van der Waals surface area contributed by atoms with Gasteiger partial charge < -0.3 is 4.43 Å². The summed E-state index contributed by atoms with van der Waals surface area (Å²) in [5.41, 5.74) is 0. The molecule has 0 unspecified atom stereocenters. The van der Waals surface area contributed by atoms with Gasteiger partial charge in [-0.25, -0.2) is 0 Å². The van der Waals surface area contributed by atoms with Crippen LogP contribution < -0.4 is 5.19 Å². The fourth-order valence-electron chi connectivity index (χ4n) is 0.741. The Morgan fingerprint density at radius 1 is 1.08 bits per heavy atom.